The van der Waals surface area contributed by atoms with E-state index in [9.17, 15) is 4.79 Å². The third kappa shape index (κ3) is 3.55. The minimum Gasteiger partial charge on any atom is -0.464 e. The van der Waals surface area contributed by atoms with Gasteiger partial charge in [0.1, 0.15) is 11.5 Å². The molecule has 2 heterocycles. The van der Waals surface area contributed by atoms with Crippen LogP contribution >= 0.6 is 0 Å². The van der Waals surface area contributed by atoms with Crippen LogP contribution in [0.5, 0.6) is 0 Å². The van der Waals surface area contributed by atoms with Crippen LogP contribution in [0.1, 0.15) is 68.1 Å². The number of nitrogens with zero attached hydrogens (tertiary/aromatic N) is 2. The van der Waals surface area contributed by atoms with Crippen LogP contribution in [0.4, 0.5) is 0 Å². The van der Waals surface area contributed by atoms with E-state index >= 15 is 0 Å². The monoisotopic (exact) mass is 331 g/mol. The zero-order valence-corrected chi connectivity index (χ0v) is 16.0. The second-order valence-electron chi connectivity index (χ2n) is 7.69. The van der Waals surface area contributed by atoms with Gasteiger partial charge in [-0.15, -0.1) is 0 Å². The number of carbonyl (C=O) groups excluding carboxylic acids is 1. The average Bonchev–Trinajstić information content (AvgIpc) is 2.98. The van der Waals surface area contributed by atoms with Gasteiger partial charge < -0.3 is 9.73 Å². The molecule has 132 valence electrons. The van der Waals surface area contributed by atoms with Gasteiger partial charge in [0.05, 0.1) is 17.7 Å². The van der Waals surface area contributed by atoms with E-state index in [0.29, 0.717) is 0 Å². The second-order valence-corrected chi connectivity index (χ2v) is 7.69. The molecule has 5 heteroatoms. The summed E-state index contributed by atoms with van der Waals surface area (Å²) >= 11 is 0. The van der Waals surface area contributed by atoms with Crippen LogP contribution in [0.3, 0.4) is 0 Å². The molecular formula is C19H29N3O2. The number of rotatable bonds is 4. The van der Waals surface area contributed by atoms with Crippen molar-refractivity contribution in [2.45, 2.75) is 60.4 Å². The number of aryl methyl sites for hydroxylation is 3. The Bertz CT molecular complexity index is 734. The Hall–Kier alpha value is -2.04. The summed E-state index contributed by atoms with van der Waals surface area (Å²) in [5.74, 6) is 1.36. The maximum atomic E-state index is 12.9. The van der Waals surface area contributed by atoms with E-state index in [4.69, 9.17) is 4.42 Å². The van der Waals surface area contributed by atoms with Crippen molar-refractivity contribution in [2.75, 3.05) is 0 Å². The van der Waals surface area contributed by atoms with Gasteiger partial charge in [0.2, 0.25) is 5.91 Å². The largest absolute Gasteiger partial charge is 0.464 e. The first kappa shape index (κ1) is 18.3. The number of hydrogen-bond acceptors (Lipinski definition) is 3. The number of aromatic nitrogens is 2. The molecule has 5 nitrogen and oxygen atoms in total. The predicted octanol–water partition coefficient (Wildman–Crippen LogP) is 3.95. The maximum absolute atomic E-state index is 12.9. The topological polar surface area (TPSA) is 60.1 Å². The second kappa shape index (κ2) is 6.46. The predicted molar refractivity (Wildman–Crippen MR) is 94.9 cm³/mol. The molecule has 0 fully saturated rings. The first-order valence-corrected chi connectivity index (χ1v) is 8.39. The molecule has 0 aliphatic carbocycles. The molecule has 0 aliphatic heterocycles. The minimum absolute atomic E-state index is 0.0109. The van der Waals surface area contributed by atoms with Gasteiger partial charge in [0.15, 0.2) is 0 Å². The van der Waals surface area contributed by atoms with Gasteiger partial charge in [0, 0.05) is 18.3 Å². The van der Waals surface area contributed by atoms with Gasteiger partial charge >= 0.3 is 0 Å². The number of carbonyl (C=O) groups is 1. The molecule has 0 aromatic carbocycles. The Labute approximate surface area is 144 Å². The lowest BCUT2D eigenvalue weighted by atomic mass is 9.84. The van der Waals surface area contributed by atoms with Gasteiger partial charge in [-0.1, -0.05) is 20.8 Å². The molecule has 0 saturated carbocycles. The van der Waals surface area contributed by atoms with Crippen molar-refractivity contribution in [3.05, 3.63) is 40.6 Å². The summed E-state index contributed by atoms with van der Waals surface area (Å²) in [6, 6.07) is 3.69. The van der Waals surface area contributed by atoms with Gasteiger partial charge in [-0.25, -0.2) is 0 Å². The van der Waals surface area contributed by atoms with Crippen LogP contribution in [0.15, 0.2) is 16.5 Å². The summed E-state index contributed by atoms with van der Waals surface area (Å²) in [6.07, 6.45) is 0. The van der Waals surface area contributed by atoms with Crippen LogP contribution < -0.4 is 5.32 Å². The molecular weight excluding hydrogens is 302 g/mol. The highest BCUT2D eigenvalue weighted by molar-refractivity contribution is 5.84. The van der Waals surface area contributed by atoms with Crippen molar-refractivity contribution >= 4 is 5.91 Å². The van der Waals surface area contributed by atoms with Gasteiger partial charge in [-0.2, -0.15) is 5.10 Å². The molecule has 0 radical (unpaired) electrons. The highest BCUT2D eigenvalue weighted by atomic mass is 16.3. The molecule has 2 aromatic rings. The third-order valence-corrected chi connectivity index (χ3v) is 4.59. The third-order valence-electron chi connectivity index (χ3n) is 4.59. The minimum atomic E-state index is -0.264. The fraction of sp³-hybridized carbons (Fsp3) is 0.579. The molecule has 2 atom stereocenters. The van der Waals surface area contributed by atoms with Crippen molar-refractivity contribution in [1.82, 2.24) is 15.1 Å². The number of hydrogen-bond donors (Lipinski definition) is 1. The van der Waals surface area contributed by atoms with E-state index < -0.39 is 0 Å². The lowest BCUT2D eigenvalue weighted by Gasteiger charge is -2.31. The molecule has 0 aliphatic rings. The van der Waals surface area contributed by atoms with Crippen molar-refractivity contribution in [3.8, 4) is 0 Å². The van der Waals surface area contributed by atoms with Crippen molar-refractivity contribution in [2.24, 2.45) is 12.5 Å². The summed E-state index contributed by atoms with van der Waals surface area (Å²) in [7, 11) is 1.90. The SMILES string of the molecule is Cc1ccc([C@@H](NC(=O)[C@@H](C)c2c(C)nn(C)c2C)C(C)(C)C)o1. The van der Waals surface area contributed by atoms with E-state index in [1.807, 2.05) is 51.6 Å². The summed E-state index contributed by atoms with van der Waals surface area (Å²) in [5.41, 5.74) is 2.77. The van der Waals surface area contributed by atoms with Crippen molar-refractivity contribution < 1.29 is 9.21 Å². The van der Waals surface area contributed by atoms with E-state index in [1.165, 1.54) is 0 Å². The highest BCUT2D eigenvalue weighted by Gasteiger charge is 2.33. The van der Waals surface area contributed by atoms with Gasteiger partial charge in [-0.05, 0) is 45.2 Å². The van der Waals surface area contributed by atoms with Crippen LogP contribution in [0.2, 0.25) is 0 Å². The Morgan fingerprint density at radius 1 is 1.25 bits per heavy atom. The molecule has 0 bridgehead atoms. The van der Waals surface area contributed by atoms with Crippen molar-refractivity contribution in [1.29, 1.82) is 0 Å². The van der Waals surface area contributed by atoms with Gasteiger partial charge in [-0.3, -0.25) is 9.48 Å². The molecule has 0 saturated heterocycles. The lowest BCUT2D eigenvalue weighted by molar-refractivity contribution is -0.124. The van der Waals surface area contributed by atoms with Gasteiger partial charge in [0.25, 0.3) is 0 Å². The Kier molecular flexibility index (Phi) is 4.92. The van der Waals surface area contributed by atoms with Crippen LogP contribution in [-0.4, -0.2) is 15.7 Å². The molecule has 0 spiro atoms. The smallest absolute Gasteiger partial charge is 0.228 e. The maximum Gasteiger partial charge on any atom is 0.228 e. The normalized spacial score (nSPS) is 14.5. The zero-order valence-electron chi connectivity index (χ0n) is 16.0. The van der Waals surface area contributed by atoms with Crippen LogP contribution in [0, 0.1) is 26.2 Å². The van der Waals surface area contributed by atoms with Crippen LogP contribution in [-0.2, 0) is 11.8 Å². The fourth-order valence-electron chi connectivity index (χ4n) is 3.14. The average molecular weight is 331 g/mol. The zero-order chi connectivity index (χ0) is 18.2. The number of furan rings is 1. The molecule has 2 rings (SSSR count). The standard InChI is InChI=1S/C19H29N3O2/c1-11-9-10-15(24-11)17(19(5,6)7)20-18(23)12(2)16-13(3)21-22(8)14(16)4/h9-10,12,17H,1-8H3,(H,20,23)/t12-,17+/m0/s1. The molecule has 0 unspecified atom stereocenters. The summed E-state index contributed by atoms with van der Waals surface area (Å²) in [6.45, 7) is 14.1. The number of nitrogens with one attached hydrogen (secondary N) is 1. The Balaban J connectivity index is 2.27. The van der Waals surface area contributed by atoms with Crippen LogP contribution in [0.25, 0.3) is 0 Å². The summed E-state index contributed by atoms with van der Waals surface area (Å²) in [5, 5.41) is 7.60. The Morgan fingerprint density at radius 3 is 2.29 bits per heavy atom. The molecule has 1 N–H and O–H groups in total. The Morgan fingerprint density at radius 2 is 1.88 bits per heavy atom. The van der Waals surface area contributed by atoms with E-state index in [-0.39, 0.29) is 23.3 Å². The highest BCUT2D eigenvalue weighted by Crippen LogP contribution is 2.34. The summed E-state index contributed by atoms with van der Waals surface area (Å²) in [4.78, 5) is 12.9. The fourth-order valence-corrected chi connectivity index (χ4v) is 3.14. The quantitative estimate of drug-likeness (QED) is 0.923. The first-order valence-electron chi connectivity index (χ1n) is 8.39. The van der Waals surface area contributed by atoms with Crippen molar-refractivity contribution in [3.63, 3.8) is 0 Å². The molecule has 24 heavy (non-hydrogen) atoms. The molecule has 1 amide bonds. The molecule has 2 aromatic heterocycles. The number of amides is 1. The van der Waals surface area contributed by atoms with E-state index in [1.54, 1.807) is 0 Å². The first-order chi connectivity index (χ1) is 11.0. The summed E-state index contributed by atoms with van der Waals surface area (Å²) < 4.78 is 7.60. The van der Waals surface area contributed by atoms with E-state index in [0.717, 1.165) is 28.5 Å². The lowest BCUT2D eigenvalue weighted by Crippen LogP contribution is -2.38. The van der Waals surface area contributed by atoms with E-state index in [2.05, 4.69) is 31.2 Å².